The van der Waals surface area contributed by atoms with Gasteiger partial charge in [-0.1, -0.05) is 36.4 Å². The standard InChI is InChI=1S/C26H22O5/c1-29-19-10-7-18(8-11-19)23-16-31-24-15-20(30-2)12-13-22(24)26(23)21-6-4-3-5-17(21)9-14-25(27)28/h3-15H,16H2,1-2H3,(H,27,28)/b14-9+. The second-order valence-electron chi connectivity index (χ2n) is 6.99. The molecule has 0 atom stereocenters. The zero-order valence-electron chi connectivity index (χ0n) is 17.3. The van der Waals surface area contributed by atoms with Crippen LogP contribution >= 0.6 is 0 Å². The van der Waals surface area contributed by atoms with Crippen molar-refractivity contribution < 1.29 is 24.1 Å². The molecule has 0 unspecified atom stereocenters. The summed E-state index contributed by atoms with van der Waals surface area (Å²) in [7, 11) is 3.26. The fraction of sp³-hybridized carbons (Fsp3) is 0.115. The average molecular weight is 414 g/mol. The van der Waals surface area contributed by atoms with Crippen LogP contribution in [0.1, 0.15) is 22.3 Å². The van der Waals surface area contributed by atoms with E-state index in [0.717, 1.165) is 51.0 Å². The highest BCUT2D eigenvalue weighted by Crippen LogP contribution is 2.43. The third-order valence-corrected chi connectivity index (χ3v) is 5.21. The number of benzene rings is 3. The predicted molar refractivity (Wildman–Crippen MR) is 121 cm³/mol. The topological polar surface area (TPSA) is 65.0 Å². The lowest BCUT2D eigenvalue weighted by atomic mass is 9.85. The number of carboxylic acid groups (broad SMARTS) is 1. The molecule has 1 aliphatic rings. The maximum absolute atomic E-state index is 11.1. The molecule has 0 fully saturated rings. The Labute approximate surface area is 180 Å². The summed E-state index contributed by atoms with van der Waals surface area (Å²) in [6.07, 6.45) is 2.77. The van der Waals surface area contributed by atoms with Gasteiger partial charge in [0, 0.05) is 28.9 Å². The summed E-state index contributed by atoms with van der Waals surface area (Å²) < 4.78 is 16.8. The molecule has 1 N–H and O–H groups in total. The number of hydrogen-bond donors (Lipinski definition) is 1. The van der Waals surface area contributed by atoms with Crippen LogP contribution in [-0.2, 0) is 4.79 Å². The molecule has 0 saturated heterocycles. The normalized spacial score (nSPS) is 13.0. The van der Waals surface area contributed by atoms with E-state index in [-0.39, 0.29) is 0 Å². The van der Waals surface area contributed by atoms with E-state index in [4.69, 9.17) is 19.3 Å². The van der Waals surface area contributed by atoms with Gasteiger partial charge in [-0.05, 0) is 47.0 Å². The van der Waals surface area contributed by atoms with E-state index < -0.39 is 5.97 Å². The molecule has 31 heavy (non-hydrogen) atoms. The van der Waals surface area contributed by atoms with Gasteiger partial charge in [0.05, 0.1) is 14.2 Å². The van der Waals surface area contributed by atoms with Gasteiger partial charge in [-0.15, -0.1) is 0 Å². The summed E-state index contributed by atoms with van der Waals surface area (Å²) in [5.74, 6) is 1.22. The molecule has 0 bridgehead atoms. The summed E-state index contributed by atoms with van der Waals surface area (Å²) >= 11 is 0. The average Bonchev–Trinajstić information content (AvgIpc) is 2.82. The van der Waals surface area contributed by atoms with Crippen molar-refractivity contribution in [2.75, 3.05) is 20.8 Å². The van der Waals surface area contributed by atoms with Crippen molar-refractivity contribution in [3.8, 4) is 17.2 Å². The van der Waals surface area contributed by atoms with Gasteiger partial charge in [-0.2, -0.15) is 0 Å². The molecular weight excluding hydrogens is 392 g/mol. The van der Waals surface area contributed by atoms with Crippen molar-refractivity contribution in [2.24, 2.45) is 0 Å². The highest BCUT2D eigenvalue weighted by Gasteiger charge is 2.24. The third-order valence-electron chi connectivity index (χ3n) is 5.21. The Bertz CT molecular complexity index is 1170. The summed E-state index contributed by atoms with van der Waals surface area (Å²) in [6.45, 7) is 0.374. The molecule has 0 aromatic heterocycles. The van der Waals surface area contributed by atoms with E-state index in [0.29, 0.717) is 12.4 Å². The predicted octanol–water partition coefficient (Wildman–Crippen LogP) is 5.15. The van der Waals surface area contributed by atoms with Crippen LogP contribution in [0.2, 0.25) is 0 Å². The monoisotopic (exact) mass is 414 g/mol. The number of methoxy groups -OCH3 is 2. The zero-order chi connectivity index (χ0) is 21.8. The van der Waals surface area contributed by atoms with Crippen molar-refractivity contribution in [1.29, 1.82) is 0 Å². The molecule has 0 radical (unpaired) electrons. The lowest BCUT2D eigenvalue weighted by Gasteiger charge is -2.26. The largest absolute Gasteiger partial charge is 0.497 e. The van der Waals surface area contributed by atoms with Gasteiger partial charge >= 0.3 is 5.97 Å². The van der Waals surface area contributed by atoms with Crippen molar-refractivity contribution in [3.63, 3.8) is 0 Å². The lowest BCUT2D eigenvalue weighted by molar-refractivity contribution is -0.131. The Morgan fingerprint density at radius 2 is 1.65 bits per heavy atom. The number of rotatable bonds is 6. The summed E-state index contributed by atoms with van der Waals surface area (Å²) in [6, 6.07) is 21.3. The number of fused-ring (bicyclic) bond motifs is 1. The van der Waals surface area contributed by atoms with E-state index in [1.165, 1.54) is 0 Å². The maximum atomic E-state index is 11.1. The SMILES string of the molecule is COc1ccc(C2=C(c3ccccc3/C=C/C(=O)O)c3ccc(OC)cc3OC2)cc1. The van der Waals surface area contributed by atoms with Gasteiger partial charge in [0.1, 0.15) is 23.9 Å². The molecule has 4 rings (SSSR count). The third kappa shape index (κ3) is 4.16. The second-order valence-corrected chi connectivity index (χ2v) is 6.99. The van der Waals surface area contributed by atoms with Crippen molar-refractivity contribution in [3.05, 3.63) is 95.1 Å². The highest BCUT2D eigenvalue weighted by atomic mass is 16.5. The number of aliphatic carboxylic acids is 1. The zero-order valence-corrected chi connectivity index (χ0v) is 17.3. The van der Waals surface area contributed by atoms with E-state index in [1.807, 2.05) is 66.7 Å². The van der Waals surface area contributed by atoms with Crippen LogP contribution in [0.5, 0.6) is 17.2 Å². The van der Waals surface area contributed by atoms with Crippen LogP contribution in [0.3, 0.4) is 0 Å². The van der Waals surface area contributed by atoms with Gasteiger partial charge in [0.2, 0.25) is 0 Å². The fourth-order valence-corrected chi connectivity index (χ4v) is 3.70. The maximum Gasteiger partial charge on any atom is 0.328 e. The summed E-state index contributed by atoms with van der Waals surface area (Å²) in [4.78, 5) is 11.1. The minimum absolute atomic E-state index is 0.374. The van der Waals surface area contributed by atoms with Crippen LogP contribution in [0.4, 0.5) is 0 Å². The molecule has 3 aromatic carbocycles. The van der Waals surface area contributed by atoms with Gasteiger partial charge in [0.25, 0.3) is 0 Å². The Morgan fingerprint density at radius 1 is 0.935 bits per heavy atom. The van der Waals surface area contributed by atoms with E-state index in [2.05, 4.69) is 0 Å². The van der Waals surface area contributed by atoms with Crippen LogP contribution in [0.15, 0.2) is 72.8 Å². The Kier molecular flexibility index (Phi) is 5.76. The minimum atomic E-state index is -0.990. The first-order chi connectivity index (χ1) is 15.1. The quantitative estimate of drug-likeness (QED) is 0.565. The van der Waals surface area contributed by atoms with Gasteiger partial charge in [-0.3, -0.25) is 0 Å². The Hall–Kier alpha value is -3.99. The van der Waals surface area contributed by atoms with E-state index >= 15 is 0 Å². The van der Waals surface area contributed by atoms with Crippen molar-refractivity contribution >= 4 is 23.2 Å². The molecular formula is C26H22O5. The highest BCUT2D eigenvalue weighted by molar-refractivity contribution is 6.03. The molecule has 1 heterocycles. The number of carboxylic acids is 1. The number of hydrogen-bond acceptors (Lipinski definition) is 4. The summed E-state index contributed by atoms with van der Waals surface area (Å²) in [5, 5.41) is 9.13. The fourth-order valence-electron chi connectivity index (χ4n) is 3.70. The van der Waals surface area contributed by atoms with Crippen LogP contribution in [0.25, 0.3) is 17.2 Å². The van der Waals surface area contributed by atoms with Crippen LogP contribution in [0, 0.1) is 0 Å². The molecule has 0 amide bonds. The van der Waals surface area contributed by atoms with E-state index in [1.54, 1.807) is 20.3 Å². The molecule has 0 aliphatic carbocycles. The molecule has 0 spiro atoms. The van der Waals surface area contributed by atoms with Crippen LogP contribution in [-0.4, -0.2) is 31.9 Å². The molecule has 5 heteroatoms. The summed E-state index contributed by atoms with van der Waals surface area (Å²) in [5.41, 5.74) is 5.69. The first-order valence-corrected chi connectivity index (χ1v) is 9.80. The van der Waals surface area contributed by atoms with Crippen molar-refractivity contribution in [1.82, 2.24) is 0 Å². The first-order valence-electron chi connectivity index (χ1n) is 9.80. The van der Waals surface area contributed by atoms with Crippen LogP contribution < -0.4 is 14.2 Å². The van der Waals surface area contributed by atoms with Crippen molar-refractivity contribution in [2.45, 2.75) is 0 Å². The van der Waals surface area contributed by atoms with E-state index in [9.17, 15) is 4.79 Å². The van der Waals surface area contributed by atoms with Gasteiger partial charge in [-0.25, -0.2) is 4.79 Å². The van der Waals surface area contributed by atoms with Gasteiger partial charge in [0.15, 0.2) is 0 Å². The molecule has 5 nitrogen and oxygen atoms in total. The minimum Gasteiger partial charge on any atom is -0.497 e. The molecule has 1 aliphatic heterocycles. The molecule has 0 saturated carbocycles. The Balaban J connectivity index is 1.96. The first kappa shape index (κ1) is 20.3. The van der Waals surface area contributed by atoms with Gasteiger partial charge < -0.3 is 19.3 Å². The molecule has 156 valence electrons. The molecule has 3 aromatic rings. The second kappa shape index (κ2) is 8.79. The smallest absolute Gasteiger partial charge is 0.328 e. The number of carbonyl (C=O) groups is 1. The number of ether oxygens (including phenoxy) is 3. The Morgan fingerprint density at radius 3 is 2.35 bits per heavy atom. The lowest BCUT2D eigenvalue weighted by Crippen LogP contribution is -2.12.